The van der Waals surface area contributed by atoms with E-state index in [9.17, 15) is 8.42 Å². The zero-order valence-electron chi connectivity index (χ0n) is 12.1. The summed E-state index contributed by atoms with van der Waals surface area (Å²) in [7, 11) is -3.67. The highest BCUT2D eigenvalue weighted by Gasteiger charge is 2.16. The SMILES string of the molecule is O=S(=O)(NCc1nc(-c2ccc(Cl)cc2)no1)c1cccc(Br)c1. The Balaban J connectivity index is 1.72. The van der Waals surface area contributed by atoms with Gasteiger partial charge < -0.3 is 4.52 Å². The first kappa shape index (κ1) is 17.1. The molecule has 1 N–H and O–H groups in total. The number of rotatable bonds is 5. The Labute approximate surface area is 152 Å². The molecule has 9 heteroatoms. The predicted octanol–water partition coefficient (Wildman–Crippen LogP) is 3.63. The summed E-state index contributed by atoms with van der Waals surface area (Å²) in [6.07, 6.45) is 0. The number of nitrogens with one attached hydrogen (secondary N) is 1. The number of hydrogen-bond acceptors (Lipinski definition) is 5. The number of aromatic nitrogens is 2. The predicted molar refractivity (Wildman–Crippen MR) is 92.9 cm³/mol. The molecule has 0 fully saturated rings. The van der Waals surface area contributed by atoms with Gasteiger partial charge in [0, 0.05) is 15.1 Å². The van der Waals surface area contributed by atoms with Crippen molar-refractivity contribution in [3.8, 4) is 11.4 Å². The van der Waals surface area contributed by atoms with Gasteiger partial charge in [-0.25, -0.2) is 13.1 Å². The highest BCUT2D eigenvalue weighted by atomic mass is 79.9. The zero-order chi connectivity index (χ0) is 17.2. The first-order valence-corrected chi connectivity index (χ1v) is 9.43. The lowest BCUT2D eigenvalue weighted by Gasteiger charge is -2.04. The lowest BCUT2D eigenvalue weighted by Crippen LogP contribution is -2.23. The summed E-state index contributed by atoms with van der Waals surface area (Å²) in [5.74, 6) is 0.529. The van der Waals surface area contributed by atoms with Gasteiger partial charge in [0.1, 0.15) is 0 Å². The molecule has 124 valence electrons. The van der Waals surface area contributed by atoms with E-state index in [0.717, 1.165) is 5.56 Å². The molecule has 0 radical (unpaired) electrons. The van der Waals surface area contributed by atoms with Crippen molar-refractivity contribution in [2.24, 2.45) is 0 Å². The van der Waals surface area contributed by atoms with Crippen LogP contribution in [0.3, 0.4) is 0 Å². The van der Waals surface area contributed by atoms with Crippen molar-refractivity contribution in [1.82, 2.24) is 14.9 Å². The second kappa shape index (κ2) is 7.02. The van der Waals surface area contributed by atoms with E-state index in [1.54, 1.807) is 36.4 Å². The summed E-state index contributed by atoms with van der Waals surface area (Å²) >= 11 is 9.07. The Kier molecular flexibility index (Phi) is 5.00. The summed E-state index contributed by atoms with van der Waals surface area (Å²) in [5, 5.41) is 4.43. The second-order valence-corrected chi connectivity index (χ2v) is 7.92. The van der Waals surface area contributed by atoms with E-state index in [4.69, 9.17) is 16.1 Å². The van der Waals surface area contributed by atoms with Crippen LogP contribution in [-0.4, -0.2) is 18.6 Å². The molecule has 6 nitrogen and oxygen atoms in total. The third-order valence-corrected chi connectivity index (χ3v) is 5.23. The molecule has 1 aromatic heterocycles. The fraction of sp³-hybridized carbons (Fsp3) is 0.0667. The van der Waals surface area contributed by atoms with E-state index < -0.39 is 10.0 Å². The van der Waals surface area contributed by atoms with Crippen molar-refractivity contribution < 1.29 is 12.9 Å². The largest absolute Gasteiger partial charge is 0.338 e. The lowest BCUT2D eigenvalue weighted by molar-refractivity contribution is 0.376. The van der Waals surface area contributed by atoms with Gasteiger partial charge in [0.2, 0.25) is 21.7 Å². The maximum absolute atomic E-state index is 12.2. The number of halogens is 2. The van der Waals surface area contributed by atoms with E-state index in [2.05, 4.69) is 30.8 Å². The normalized spacial score (nSPS) is 11.6. The fourth-order valence-corrected chi connectivity index (χ4v) is 3.61. The number of benzene rings is 2. The average Bonchev–Trinajstić information content (AvgIpc) is 3.03. The first-order chi connectivity index (χ1) is 11.4. The van der Waals surface area contributed by atoms with Crippen LogP contribution >= 0.6 is 27.5 Å². The van der Waals surface area contributed by atoms with Crippen LogP contribution in [0.15, 0.2) is 62.4 Å². The summed E-state index contributed by atoms with van der Waals surface area (Å²) < 4.78 is 32.6. The third-order valence-electron chi connectivity index (χ3n) is 3.09. The molecule has 0 saturated carbocycles. The molecule has 0 spiro atoms. The summed E-state index contributed by atoms with van der Waals surface area (Å²) in [4.78, 5) is 4.31. The van der Waals surface area contributed by atoms with Gasteiger partial charge in [0.25, 0.3) is 0 Å². The van der Waals surface area contributed by atoms with Gasteiger partial charge in [-0.2, -0.15) is 4.98 Å². The third kappa shape index (κ3) is 4.02. The fourth-order valence-electron chi connectivity index (χ4n) is 1.92. The van der Waals surface area contributed by atoms with Crippen molar-refractivity contribution in [3.63, 3.8) is 0 Å². The Morgan fingerprint density at radius 2 is 1.92 bits per heavy atom. The van der Waals surface area contributed by atoms with Gasteiger partial charge in [0.05, 0.1) is 11.4 Å². The van der Waals surface area contributed by atoms with Crippen molar-refractivity contribution in [2.75, 3.05) is 0 Å². The van der Waals surface area contributed by atoms with Crippen molar-refractivity contribution >= 4 is 37.6 Å². The standard InChI is InChI=1S/C15H11BrClN3O3S/c16-11-2-1-3-13(8-11)24(21,22)18-9-14-19-15(20-23-14)10-4-6-12(17)7-5-10/h1-8,18H,9H2. The summed E-state index contributed by atoms with van der Waals surface area (Å²) in [6.45, 7) is -0.102. The van der Waals surface area contributed by atoms with Crippen LogP contribution in [0.5, 0.6) is 0 Å². The van der Waals surface area contributed by atoms with E-state index in [-0.39, 0.29) is 17.3 Å². The zero-order valence-corrected chi connectivity index (χ0v) is 15.3. The Morgan fingerprint density at radius 1 is 1.17 bits per heavy atom. The van der Waals surface area contributed by atoms with Crippen molar-refractivity contribution in [1.29, 1.82) is 0 Å². The summed E-state index contributed by atoms with van der Waals surface area (Å²) in [5.41, 5.74) is 0.726. The van der Waals surface area contributed by atoms with E-state index in [1.165, 1.54) is 12.1 Å². The Bertz CT molecular complexity index is 958. The maximum Gasteiger partial charge on any atom is 0.242 e. The van der Waals surface area contributed by atoms with E-state index >= 15 is 0 Å². The molecule has 24 heavy (non-hydrogen) atoms. The highest BCUT2D eigenvalue weighted by molar-refractivity contribution is 9.10. The van der Waals surface area contributed by atoms with E-state index in [0.29, 0.717) is 15.3 Å². The van der Waals surface area contributed by atoms with Crippen LogP contribution in [0.4, 0.5) is 0 Å². The number of sulfonamides is 1. The molecule has 0 unspecified atom stereocenters. The second-order valence-electron chi connectivity index (χ2n) is 4.80. The van der Waals surface area contributed by atoms with Crippen LogP contribution in [0.1, 0.15) is 5.89 Å². The smallest absolute Gasteiger partial charge is 0.242 e. The highest BCUT2D eigenvalue weighted by Crippen LogP contribution is 2.19. The van der Waals surface area contributed by atoms with Crippen molar-refractivity contribution in [3.05, 3.63) is 63.9 Å². The van der Waals surface area contributed by atoms with Crippen LogP contribution in [0.25, 0.3) is 11.4 Å². The minimum absolute atomic E-state index is 0.102. The molecule has 0 aliphatic heterocycles. The Hall–Kier alpha value is -1.74. The average molecular weight is 429 g/mol. The van der Waals surface area contributed by atoms with Crippen LogP contribution in [0, 0.1) is 0 Å². The molecule has 0 atom stereocenters. The quantitative estimate of drug-likeness (QED) is 0.671. The van der Waals surface area contributed by atoms with Crippen molar-refractivity contribution in [2.45, 2.75) is 11.4 Å². The van der Waals surface area contributed by atoms with Gasteiger partial charge in [0.15, 0.2) is 0 Å². The van der Waals surface area contributed by atoms with Gasteiger partial charge >= 0.3 is 0 Å². The molecule has 0 aliphatic carbocycles. The molecule has 3 rings (SSSR count). The maximum atomic E-state index is 12.2. The first-order valence-electron chi connectivity index (χ1n) is 6.78. The van der Waals surface area contributed by atoms with Gasteiger partial charge in [-0.15, -0.1) is 0 Å². The molecule has 2 aromatic carbocycles. The lowest BCUT2D eigenvalue weighted by atomic mass is 10.2. The molecule has 0 amide bonds. The molecular weight excluding hydrogens is 418 g/mol. The molecule has 3 aromatic rings. The van der Waals surface area contributed by atoms with Gasteiger partial charge in [-0.05, 0) is 42.5 Å². The minimum Gasteiger partial charge on any atom is -0.338 e. The van der Waals surface area contributed by atoms with Crippen LogP contribution < -0.4 is 4.72 Å². The monoisotopic (exact) mass is 427 g/mol. The number of hydrogen-bond donors (Lipinski definition) is 1. The molecule has 1 heterocycles. The summed E-state index contributed by atoms with van der Waals surface area (Å²) in [6, 6.07) is 13.3. The van der Waals surface area contributed by atoms with Crippen LogP contribution in [-0.2, 0) is 16.6 Å². The van der Waals surface area contributed by atoms with Gasteiger partial charge in [-0.1, -0.05) is 38.8 Å². The minimum atomic E-state index is -3.67. The van der Waals surface area contributed by atoms with Crippen LogP contribution in [0.2, 0.25) is 5.02 Å². The number of nitrogens with zero attached hydrogens (tertiary/aromatic N) is 2. The topological polar surface area (TPSA) is 85.1 Å². The molecule has 0 aliphatic rings. The molecule has 0 saturated heterocycles. The molecule has 0 bridgehead atoms. The van der Waals surface area contributed by atoms with Gasteiger partial charge in [-0.3, -0.25) is 0 Å². The Morgan fingerprint density at radius 3 is 2.62 bits per heavy atom. The molecular formula is C15H11BrClN3O3S. The van der Waals surface area contributed by atoms with E-state index in [1.807, 2.05) is 0 Å².